The van der Waals surface area contributed by atoms with E-state index >= 15 is 0 Å². The third-order valence-corrected chi connectivity index (χ3v) is 5.71. The van der Waals surface area contributed by atoms with Crippen molar-refractivity contribution in [1.82, 2.24) is 4.98 Å². The molecule has 21 heavy (non-hydrogen) atoms. The van der Waals surface area contributed by atoms with E-state index < -0.39 is 10.0 Å². The fourth-order valence-corrected chi connectivity index (χ4v) is 4.55. The third-order valence-electron chi connectivity index (χ3n) is 3.15. The second-order valence-electron chi connectivity index (χ2n) is 4.86. The molecule has 4 nitrogen and oxygen atoms in total. The molecule has 0 radical (unpaired) electrons. The summed E-state index contributed by atoms with van der Waals surface area (Å²) in [5, 5.41) is 0.388. The smallest absolute Gasteiger partial charge is 0.255 e. The number of fused-ring (bicyclic) bond motifs is 1. The molecule has 1 heterocycles. The maximum atomic E-state index is 12.4. The topological polar surface area (TPSA) is 59.1 Å². The number of aryl methyl sites for hydroxylation is 2. The first-order chi connectivity index (χ1) is 9.95. The summed E-state index contributed by atoms with van der Waals surface area (Å²) < 4.78 is 28.4. The number of benzene rings is 2. The first-order valence-corrected chi connectivity index (χ1v) is 8.71. The molecule has 0 aliphatic rings. The SMILES string of the molecule is Cc1ccc2nc(NS(=O)(=O)c3ccccc3C)sc2c1. The van der Waals surface area contributed by atoms with Gasteiger partial charge in [-0.25, -0.2) is 13.4 Å². The van der Waals surface area contributed by atoms with Gasteiger partial charge in [-0.2, -0.15) is 0 Å². The largest absolute Gasteiger partial charge is 0.263 e. The minimum absolute atomic E-state index is 0.278. The monoisotopic (exact) mass is 318 g/mol. The number of aromatic nitrogens is 1. The Morgan fingerprint density at radius 2 is 1.86 bits per heavy atom. The van der Waals surface area contributed by atoms with Crippen LogP contribution < -0.4 is 4.72 Å². The molecule has 108 valence electrons. The second kappa shape index (κ2) is 5.13. The number of nitrogens with one attached hydrogen (secondary N) is 1. The first-order valence-electron chi connectivity index (χ1n) is 6.41. The lowest BCUT2D eigenvalue weighted by atomic mass is 10.2. The van der Waals surface area contributed by atoms with E-state index in [1.54, 1.807) is 25.1 Å². The molecule has 0 saturated carbocycles. The molecule has 2 aromatic carbocycles. The Morgan fingerprint density at radius 3 is 2.62 bits per heavy atom. The summed E-state index contributed by atoms with van der Waals surface area (Å²) in [7, 11) is -3.60. The molecule has 6 heteroatoms. The zero-order chi connectivity index (χ0) is 15.0. The molecule has 3 rings (SSSR count). The van der Waals surface area contributed by atoms with Gasteiger partial charge in [-0.05, 0) is 43.2 Å². The lowest BCUT2D eigenvalue weighted by molar-refractivity contribution is 0.600. The molecule has 0 saturated heterocycles. The predicted octanol–water partition coefficient (Wildman–Crippen LogP) is 3.71. The van der Waals surface area contributed by atoms with Crippen LogP contribution in [-0.2, 0) is 10.0 Å². The van der Waals surface area contributed by atoms with Gasteiger partial charge >= 0.3 is 0 Å². The van der Waals surface area contributed by atoms with Crippen molar-refractivity contribution < 1.29 is 8.42 Å². The van der Waals surface area contributed by atoms with Crippen molar-refractivity contribution in [3.63, 3.8) is 0 Å². The zero-order valence-corrected chi connectivity index (χ0v) is 13.3. The Labute approximate surface area is 127 Å². The number of hydrogen-bond acceptors (Lipinski definition) is 4. The number of thiazole rings is 1. The summed E-state index contributed by atoms with van der Waals surface area (Å²) >= 11 is 1.34. The van der Waals surface area contributed by atoms with Crippen LogP contribution in [0, 0.1) is 13.8 Å². The minimum Gasteiger partial charge on any atom is -0.255 e. The Balaban J connectivity index is 1.99. The molecule has 0 atom stereocenters. The maximum absolute atomic E-state index is 12.4. The van der Waals surface area contributed by atoms with Crippen LogP contribution in [0.3, 0.4) is 0 Å². The summed E-state index contributed by atoms with van der Waals surface area (Å²) in [6.45, 7) is 3.77. The molecule has 0 aliphatic carbocycles. The average molecular weight is 318 g/mol. The third kappa shape index (κ3) is 2.77. The van der Waals surface area contributed by atoms with Gasteiger partial charge in [0.2, 0.25) is 0 Å². The van der Waals surface area contributed by atoms with Gasteiger partial charge in [0.1, 0.15) is 0 Å². The van der Waals surface area contributed by atoms with Gasteiger partial charge in [-0.15, -0.1) is 0 Å². The van der Waals surface area contributed by atoms with Crippen LogP contribution in [0.1, 0.15) is 11.1 Å². The highest BCUT2D eigenvalue weighted by Gasteiger charge is 2.18. The highest BCUT2D eigenvalue weighted by Crippen LogP contribution is 2.28. The van der Waals surface area contributed by atoms with Crippen molar-refractivity contribution in [2.45, 2.75) is 18.7 Å². The highest BCUT2D eigenvalue weighted by atomic mass is 32.2. The van der Waals surface area contributed by atoms with E-state index in [1.807, 2.05) is 31.2 Å². The lowest BCUT2D eigenvalue weighted by Crippen LogP contribution is -2.13. The van der Waals surface area contributed by atoms with E-state index in [4.69, 9.17) is 0 Å². The van der Waals surface area contributed by atoms with Crippen LogP contribution in [0.4, 0.5) is 5.13 Å². The van der Waals surface area contributed by atoms with Crippen LogP contribution >= 0.6 is 11.3 Å². The fraction of sp³-hybridized carbons (Fsp3) is 0.133. The minimum atomic E-state index is -3.60. The Morgan fingerprint density at radius 1 is 1.10 bits per heavy atom. The van der Waals surface area contributed by atoms with Gasteiger partial charge in [0.15, 0.2) is 5.13 Å². The molecule has 0 bridgehead atoms. The van der Waals surface area contributed by atoms with Gasteiger partial charge in [0.05, 0.1) is 15.1 Å². The number of sulfonamides is 1. The molecular weight excluding hydrogens is 304 g/mol. The molecule has 0 fully saturated rings. The molecule has 0 spiro atoms. The maximum Gasteiger partial charge on any atom is 0.263 e. The van der Waals surface area contributed by atoms with Crippen LogP contribution in [0.15, 0.2) is 47.4 Å². The molecular formula is C15H14N2O2S2. The van der Waals surface area contributed by atoms with Gasteiger partial charge in [-0.3, -0.25) is 4.72 Å². The van der Waals surface area contributed by atoms with Crippen LogP contribution in [-0.4, -0.2) is 13.4 Å². The van der Waals surface area contributed by atoms with Gasteiger partial charge in [0, 0.05) is 0 Å². The van der Waals surface area contributed by atoms with E-state index in [2.05, 4.69) is 9.71 Å². The Bertz CT molecular complexity index is 914. The summed E-state index contributed by atoms with van der Waals surface area (Å²) in [6, 6.07) is 12.7. The Hall–Kier alpha value is -1.92. The number of hydrogen-bond donors (Lipinski definition) is 1. The van der Waals surface area contributed by atoms with Crippen LogP contribution in [0.2, 0.25) is 0 Å². The van der Waals surface area contributed by atoms with E-state index in [-0.39, 0.29) is 4.90 Å². The molecule has 0 amide bonds. The second-order valence-corrected chi connectivity index (χ2v) is 7.54. The number of nitrogens with zero attached hydrogens (tertiary/aromatic N) is 1. The first kappa shape index (κ1) is 14.0. The quantitative estimate of drug-likeness (QED) is 0.801. The molecule has 3 aromatic rings. The molecule has 1 aromatic heterocycles. The van der Waals surface area contributed by atoms with Gasteiger partial charge in [-0.1, -0.05) is 35.6 Å². The average Bonchev–Trinajstić information content (AvgIpc) is 2.79. The van der Waals surface area contributed by atoms with Gasteiger partial charge in [0.25, 0.3) is 10.0 Å². The van der Waals surface area contributed by atoms with E-state index in [9.17, 15) is 8.42 Å². The van der Waals surface area contributed by atoms with Crippen molar-refractivity contribution in [2.24, 2.45) is 0 Å². The fourth-order valence-electron chi connectivity index (χ4n) is 2.10. The van der Waals surface area contributed by atoms with Gasteiger partial charge < -0.3 is 0 Å². The predicted molar refractivity (Wildman–Crippen MR) is 86.3 cm³/mol. The molecule has 1 N–H and O–H groups in total. The van der Waals surface area contributed by atoms with E-state index in [0.29, 0.717) is 10.7 Å². The molecule has 0 unspecified atom stereocenters. The van der Waals surface area contributed by atoms with Crippen molar-refractivity contribution in [1.29, 1.82) is 0 Å². The summed E-state index contributed by atoms with van der Waals surface area (Å²) in [5.74, 6) is 0. The standard InChI is InChI=1S/C15H14N2O2S2/c1-10-7-8-12-13(9-10)20-15(16-12)17-21(18,19)14-6-4-3-5-11(14)2/h3-9H,1-2H3,(H,16,17). The Kier molecular flexibility index (Phi) is 3.43. The van der Waals surface area contributed by atoms with Crippen LogP contribution in [0.5, 0.6) is 0 Å². The normalized spacial score (nSPS) is 11.7. The van der Waals surface area contributed by atoms with Crippen LogP contribution in [0.25, 0.3) is 10.2 Å². The van der Waals surface area contributed by atoms with E-state index in [1.165, 1.54) is 11.3 Å². The lowest BCUT2D eigenvalue weighted by Gasteiger charge is -2.07. The summed E-state index contributed by atoms with van der Waals surface area (Å²) in [4.78, 5) is 4.60. The number of anilines is 1. The zero-order valence-electron chi connectivity index (χ0n) is 11.6. The van der Waals surface area contributed by atoms with Crippen molar-refractivity contribution in [3.05, 3.63) is 53.6 Å². The van der Waals surface area contributed by atoms with Crippen molar-refractivity contribution in [2.75, 3.05) is 4.72 Å². The highest BCUT2D eigenvalue weighted by molar-refractivity contribution is 7.93. The van der Waals surface area contributed by atoms with Crippen molar-refractivity contribution in [3.8, 4) is 0 Å². The molecule has 0 aliphatic heterocycles. The van der Waals surface area contributed by atoms with Crippen molar-refractivity contribution >= 4 is 36.7 Å². The van der Waals surface area contributed by atoms with E-state index in [0.717, 1.165) is 15.8 Å². The summed E-state index contributed by atoms with van der Waals surface area (Å²) in [6.07, 6.45) is 0. The summed E-state index contributed by atoms with van der Waals surface area (Å²) in [5.41, 5.74) is 2.63. The number of rotatable bonds is 3.